The lowest BCUT2D eigenvalue weighted by Gasteiger charge is -2.29. The minimum Gasteiger partial charge on any atom is -0.379 e. The fourth-order valence-corrected chi connectivity index (χ4v) is 2.87. The van der Waals surface area contributed by atoms with Crippen molar-refractivity contribution < 1.29 is 4.74 Å². The summed E-state index contributed by atoms with van der Waals surface area (Å²) < 4.78 is 5.35. The van der Waals surface area contributed by atoms with Crippen molar-refractivity contribution in [2.24, 2.45) is 0 Å². The molecule has 3 rings (SSSR count). The van der Waals surface area contributed by atoms with Crippen molar-refractivity contribution in [3.63, 3.8) is 0 Å². The van der Waals surface area contributed by atoms with Gasteiger partial charge in [-0.05, 0) is 30.0 Å². The molecule has 0 aromatic heterocycles. The van der Waals surface area contributed by atoms with Gasteiger partial charge in [-0.15, -0.1) is 0 Å². The quantitative estimate of drug-likeness (QED) is 0.890. The fourth-order valence-electron chi connectivity index (χ4n) is 2.87. The Bertz CT molecular complexity index is 429. The molecular formula is C15H23N3O. The van der Waals surface area contributed by atoms with Gasteiger partial charge in [-0.1, -0.05) is 12.1 Å². The molecule has 0 atom stereocenters. The molecule has 0 radical (unpaired) electrons. The lowest BCUT2D eigenvalue weighted by atomic mass is 10.00. The van der Waals surface area contributed by atoms with Gasteiger partial charge >= 0.3 is 0 Å². The summed E-state index contributed by atoms with van der Waals surface area (Å²) >= 11 is 0. The van der Waals surface area contributed by atoms with Crippen molar-refractivity contribution in [1.82, 2.24) is 10.4 Å². The highest BCUT2D eigenvalue weighted by Crippen LogP contribution is 2.26. The molecule has 1 aromatic carbocycles. The predicted octanol–water partition coefficient (Wildman–Crippen LogP) is 1.41. The zero-order valence-electron chi connectivity index (χ0n) is 11.7. The Morgan fingerprint density at radius 2 is 2.05 bits per heavy atom. The van der Waals surface area contributed by atoms with E-state index in [0.717, 1.165) is 32.8 Å². The molecule has 0 unspecified atom stereocenters. The second-order valence-corrected chi connectivity index (χ2v) is 5.42. The van der Waals surface area contributed by atoms with Crippen LogP contribution in [0.15, 0.2) is 18.2 Å². The third kappa shape index (κ3) is 3.08. The number of ether oxygens (including phenoxy) is 1. The molecule has 4 heteroatoms. The summed E-state index contributed by atoms with van der Waals surface area (Å²) in [5.74, 6) is 0. The number of aryl methyl sites for hydroxylation is 1. The molecule has 2 heterocycles. The molecule has 1 fully saturated rings. The number of hydrazine groups is 1. The van der Waals surface area contributed by atoms with Gasteiger partial charge in [0.25, 0.3) is 0 Å². The summed E-state index contributed by atoms with van der Waals surface area (Å²) in [5, 5.41) is 2.26. The average Bonchev–Trinajstić information content (AvgIpc) is 2.46. The van der Waals surface area contributed by atoms with Crippen LogP contribution in [0, 0.1) is 0 Å². The minimum absolute atomic E-state index is 0.835. The van der Waals surface area contributed by atoms with E-state index in [1.807, 2.05) is 0 Å². The van der Waals surface area contributed by atoms with Crippen LogP contribution in [-0.4, -0.2) is 44.9 Å². The number of hydrogen-bond donors (Lipinski definition) is 1. The summed E-state index contributed by atoms with van der Waals surface area (Å²) in [5.41, 5.74) is 7.77. The van der Waals surface area contributed by atoms with Crippen molar-refractivity contribution in [2.75, 3.05) is 44.8 Å². The second kappa shape index (κ2) is 5.90. The van der Waals surface area contributed by atoms with Gasteiger partial charge in [-0.2, -0.15) is 0 Å². The molecule has 0 aliphatic carbocycles. The zero-order valence-corrected chi connectivity index (χ0v) is 11.7. The standard InChI is InChI=1S/C15H23N3O/c1-17-6-2-3-14-11-13(4-5-15(14)17)12-16-18-7-9-19-10-8-18/h4-5,11,16H,2-3,6-10,12H2,1H3. The molecule has 0 bridgehead atoms. The molecule has 19 heavy (non-hydrogen) atoms. The second-order valence-electron chi connectivity index (χ2n) is 5.42. The minimum atomic E-state index is 0.835. The van der Waals surface area contributed by atoms with Crippen molar-refractivity contribution >= 4 is 5.69 Å². The van der Waals surface area contributed by atoms with Gasteiger partial charge in [0, 0.05) is 38.9 Å². The smallest absolute Gasteiger partial charge is 0.0608 e. The Balaban J connectivity index is 1.62. The lowest BCUT2D eigenvalue weighted by molar-refractivity contribution is 0.0106. The van der Waals surface area contributed by atoms with Crippen LogP contribution in [0.2, 0.25) is 0 Å². The van der Waals surface area contributed by atoms with Gasteiger partial charge in [-0.25, -0.2) is 5.01 Å². The largest absolute Gasteiger partial charge is 0.379 e. The first-order valence-electron chi connectivity index (χ1n) is 7.22. The topological polar surface area (TPSA) is 27.7 Å². The molecule has 1 aromatic rings. The third-order valence-corrected chi connectivity index (χ3v) is 4.01. The Hall–Kier alpha value is -1.10. The molecule has 0 saturated carbocycles. The summed E-state index contributed by atoms with van der Waals surface area (Å²) in [4.78, 5) is 2.36. The van der Waals surface area contributed by atoms with Crippen molar-refractivity contribution in [2.45, 2.75) is 19.4 Å². The van der Waals surface area contributed by atoms with E-state index in [-0.39, 0.29) is 0 Å². The van der Waals surface area contributed by atoms with Gasteiger partial charge in [0.05, 0.1) is 13.2 Å². The molecule has 2 aliphatic rings. The summed E-state index contributed by atoms with van der Waals surface area (Å²) in [6.07, 6.45) is 2.48. The van der Waals surface area contributed by atoms with Gasteiger partial charge < -0.3 is 9.64 Å². The lowest BCUT2D eigenvalue weighted by Crippen LogP contribution is -2.45. The first-order valence-corrected chi connectivity index (χ1v) is 7.22. The number of morpholine rings is 1. The number of nitrogens with one attached hydrogen (secondary N) is 1. The van der Waals surface area contributed by atoms with E-state index in [1.54, 1.807) is 0 Å². The number of benzene rings is 1. The molecule has 2 aliphatic heterocycles. The highest BCUT2D eigenvalue weighted by molar-refractivity contribution is 5.56. The van der Waals surface area contributed by atoms with E-state index in [2.05, 4.69) is 40.6 Å². The third-order valence-electron chi connectivity index (χ3n) is 4.01. The monoisotopic (exact) mass is 261 g/mol. The summed E-state index contributed by atoms with van der Waals surface area (Å²) in [6.45, 7) is 5.72. The highest BCUT2D eigenvalue weighted by atomic mass is 16.5. The number of nitrogens with zero attached hydrogens (tertiary/aromatic N) is 2. The van der Waals surface area contributed by atoms with Crippen molar-refractivity contribution in [3.05, 3.63) is 29.3 Å². The first-order chi connectivity index (χ1) is 9.33. The van der Waals surface area contributed by atoms with Crippen LogP contribution in [0.25, 0.3) is 0 Å². The van der Waals surface area contributed by atoms with E-state index in [1.165, 1.54) is 36.2 Å². The van der Waals surface area contributed by atoms with Crippen LogP contribution < -0.4 is 10.3 Å². The fraction of sp³-hybridized carbons (Fsp3) is 0.600. The number of anilines is 1. The van der Waals surface area contributed by atoms with Gasteiger partial charge in [0.2, 0.25) is 0 Å². The highest BCUT2D eigenvalue weighted by Gasteiger charge is 2.14. The first kappa shape index (κ1) is 12.9. The van der Waals surface area contributed by atoms with E-state index in [9.17, 15) is 0 Å². The normalized spacial score (nSPS) is 20.4. The molecule has 1 saturated heterocycles. The average molecular weight is 261 g/mol. The molecule has 0 spiro atoms. The Morgan fingerprint density at radius 1 is 1.21 bits per heavy atom. The number of fused-ring (bicyclic) bond motifs is 1. The van der Waals surface area contributed by atoms with Crippen LogP contribution in [0.5, 0.6) is 0 Å². The summed E-state index contributed by atoms with van der Waals surface area (Å²) in [7, 11) is 2.18. The van der Waals surface area contributed by atoms with Crippen LogP contribution in [0.3, 0.4) is 0 Å². The van der Waals surface area contributed by atoms with E-state index in [4.69, 9.17) is 4.74 Å². The van der Waals surface area contributed by atoms with Gasteiger partial charge in [-0.3, -0.25) is 5.43 Å². The zero-order chi connectivity index (χ0) is 13.1. The maximum atomic E-state index is 5.35. The Labute approximate surface area is 115 Å². The number of rotatable bonds is 3. The van der Waals surface area contributed by atoms with E-state index >= 15 is 0 Å². The van der Waals surface area contributed by atoms with Crippen molar-refractivity contribution in [3.8, 4) is 0 Å². The van der Waals surface area contributed by atoms with Gasteiger partial charge in [0.1, 0.15) is 0 Å². The van der Waals surface area contributed by atoms with Crippen molar-refractivity contribution in [1.29, 1.82) is 0 Å². The predicted molar refractivity (Wildman–Crippen MR) is 77.3 cm³/mol. The van der Waals surface area contributed by atoms with E-state index in [0.29, 0.717) is 0 Å². The Kier molecular flexibility index (Phi) is 4.01. The number of hydrogen-bond acceptors (Lipinski definition) is 4. The van der Waals surface area contributed by atoms with Crippen LogP contribution >= 0.6 is 0 Å². The SMILES string of the molecule is CN1CCCc2cc(CNN3CCOCC3)ccc21. The maximum Gasteiger partial charge on any atom is 0.0608 e. The van der Waals surface area contributed by atoms with Gasteiger partial charge in [0.15, 0.2) is 0 Å². The maximum absolute atomic E-state index is 5.35. The van der Waals surface area contributed by atoms with E-state index < -0.39 is 0 Å². The molecule has 4 nitrogen and oxygen atoms in total. The summed E-state index contributed by atoms with van der Waals surface area (Å²) in [6, 6.07) is 6.87. The Morgan fingerprint density at radius 3 is 2.89 bits per heavy atom. The molecular weight excluding hydrogens is 238 g/mol. The molecule has 0 amide bonds. The van der Waals surface area contributed by atoms with Crippen LogP contribution in [0.4, 0.5) is 5.69 Å². The van der Waals surface area contributed by atoms with Crippen LogP contribution in [-0.2, 0) is 17.7 Å². The molecule has 104 valence electrons. The van der Waals surface area contributed by atoms with Crippen LogP contribution in [0.1, 0.15) is 17.5 Å². The molecule has 1 N–H and O–H groups in total.